The van der Waals surface area contributed by atoms with Crippen molar-refractivity contribution in [3.63, 3.8) is 0 Å². The predicted octanol–water partition coefficient (Wildman–Crippen LogP) is 7.25. The lowest BCUT2D eigenvalue weighted by Crippen LogP contribution is -2.22. The number of aryl methyl sites for hydroxylation is 1. The Morgan fingerprint density at radius 2 is 1.87 bits per heavy atom. The molecule has 1 amide bonds. The Kier molecular flexibility index (Phi) is 5.18. The van der Waals surface area contributed by atoms with Crippen LogP contribution in [0.25, 0.3) is 32.6 Å². The lowest BCUT2D eigenvalue weighted by molar-refractivity contribution is 0.0955. The summed E-state index contributed by atoms with van der Waals surface area (Å²) >= 11 is 13.8. The van der Waals surface area contributed by atoms with Crippen molar-refractivity contribution in [2.24, 2.45) is 0 Å². The number of oxazole rings is 1. The van der Waals surface area contributed by atoms with Gasteiger partial charge in [-0.25, -0.2) is 4.98 Å². The number of carbonyl (C=O) groups excluding carboxylic acids is 1. The van der Waals surface area contributed by atoms with Gasteiger partial charge in [-0.2, -0.15) is 0 Å². The van der Waals surface area contributed by atoms with Crippen molar-refractivity contribution >= 4 is 61.6 Å². The van der Waals surface area contributed by atoms with E-state index < -0.39 is 0 Å². The Labute approximate surface area is 192 Å². The Morgan fingerprint density at radius 3 is 2.68 bits per heavy atom. The third-order valence-corrected chi connectivity index (χ3v) is 6.89. The lowest BCUT2D eigenvalue weighted by atomic mass is 10.1. The topological polar surface area (TPSA) is 55.1 Å². The van der Waals surface area contributed by atoms with Crippen LogP contribution in [0.1, 0.15) is 20.8 Å². The normalized spacial score (nSPS) is 11.3. The zero-order valence-electron chi connectivity index (χ0n) is 16.4. The third kappa shape index (κ3) is 3.92. The molecule has 0 aliphatic heterocycles. The van der Waals surface area contributed by atoms with Gasteiger partial charge in [0.15, 0.2) is 5.58 Å². The minimum Gasteiger partial charge on any atom is -0.436 e. The van der Waals surface area contributed by atoms with Crippen LogP contribution < -0.4 is 5.32 Å². The van der Waals surface area contributed by atoms with E-state index in [9.17, 15) is 4.79 Å². The molecule has 2 aromatic heterocycles. The van der Waals surface area contributed by atoms with Gasteiger partial charge in [0.25, 0.3) is 5.91 Å². The molecule has 0 atom stereocenters. The summed E-state index contributed by atoms with van der Waals surface area (Å²) in [4.78, 5) is 17.7. The van der Waals surface area contributed by atoms with Crippen molar-refractivity contribution in [1.29, 1.82) is 0 Å². The third-order valence-electron chi connectivity index (χ3n) is 5.00. The fourth-order valence-electron chi connectivity index (χ4n) is 3.37. The Bertz CT molecular complexity index is 1440. The Balaban J connectivity index is 1.30. The quantitative estimate of drug-likeness (QED) is 0.303. The predicted molar refractivity (Wildman–Crippen MR) is 127 cm³/mol. The number of halogens is 2. The van der Waals surface area contributed by atoms with Crippen molar-refractivity contribution in [2.45, 2.75) is 13.5 Å². The number of nitrogens with zero attached hydrogens (tertiary/aromatic N) is 1. The van der Waals surface area contributed by atoms with Crippen LogP contribution in [0.2, 0.25) is 10.0 Å². The molecule has 0 aliphatic rings. The number of nitrogens with one attached hydrogen (secondary N) is 1. The Hall–Kier alpha value is -2.86. The van der Waals surface area contributed by atoms with Crippen LogP contribution in [0.4, 0.5) is 0 Å². The van der Waals surface area contributed by atoms with Gasteiger partial charge in [-0.1, -0.05) is 47.5 Å². The molecule has 0 fully saturated rings. The van der Waals surface area contributed by atoms with Crippen LogP contribution in [-0.4, -0.2) is 10.9 Å². The van der Waals surface area contributed by atoms with Gasteiger partial charge in [0.1, 0.15) is 10.4 Å². The molecule has 154 valence electrons. The van der Waals surface area contributed by atoms with Gasteiger partial charge in [0.2, 0.25) is 5.89 Å². The molecule has 4 nitrogen and oxygen atoms in total. The number of rotatable bonds is 4. The van der Waals surface area contributed by atoms with Crippen LogP contribution in [0.15, 0.2) is 65.1 Å². The van der Waals surface area contributed by atoms with Crippen molar-refractivity contribution in [2.75, 3.05) is 0 Å². The number of carbonyl (C=O) groups is 1. The van der Waals surface area contributed by atoms with E-state index in [-0.39, 0.29) is 5.91 Å². The number of hydrogen-bond donors (Lipinski definition) is 1. The number of thiophene rings is 1. The van der Waals surface area contributed by atoms with E-state index in [4.69, 9.17) is 27.6 Å². The highest BCUT2D eigenvalue weighted by Crippen LogP contribution is 2.36. The molecule has 0 spiro atoms. The first-order chi connectivity index (χ1) is 15.0. The summed E-state index contributed by atoms with van der Waals surface area (Å²) in [5.74, 6) is 0.368. The average molecular weight is 467 g/mol. The minimum atomic E-state index is -0.208. The summed E-state index contributed by atoms with van der Waals surface area (Å²) in [6, 6.07) is 19.1. The molecule has 0 bridgehead atoms. The molecule has 0 unspecified atom stereocenters. The van der Waals surface area contributed by atoms with Gasteiger partial charge in [-0.05, 0) is 54.4 Å². The van der Waals surface area contributed by atoms with Crippen molar-refractivity contribution in [1.82, 2.24) is 10.3 Å². The molecular formula is C24H16Cl2N2O2S. The molecule has 5 rings (SSSR count). The molecule has 1 N–H and O–H groups in total. The molecular weight excluding hydrogens is 451 g/mol. The first-order valence-electron chi connectivity index (χ1n) is 9.60. The number of benzene rings is 3. The van der Waals surface area contributed by atoms with Gasteiger partial charge in [-0.15, -0.1) is 11.3 Å². The molecule has 2 heterocycles. The van der Waals surface area contributed by atoms with E-state index in [2.05, 4.69) is 10.3 Å². The van der Waals surface area contributed by atoms with Crippen LogP contribution in [0.5, 0.6) is 0 Å². The van der Waals surface area contributed by atoms with E-state index in [0.717, 1.165) is 37.9 Å². The molecule has 5 aromatic rings. The van der Waals surface area contributed by atoms with Crippen molar-refractivity contribution in [3.8, 4) is 11.5 Å². The largest absolute Gasteiger partial charge is 0.436 e. The van der Waals surface area contributed by atoms with Gasteiger partial charge in [-0.3, -0.25) is 4.79 Å². The smallest absolute Gasteiger partial charge is 0.263 e. The molecule has 0 radical (unpaired) electrons. The fraction of sp³-hybridized carbons (Fsp3) is 0.0833. The number of hydrogen-bond acceptors (Lipinski definition) is 4. The summed E-state index contributed by atoms with van der Waals surface area (Å²) in [5, 5.41) is 4.84. The maximum absolute atomic E-state index is 12.7. The summed E-state index contributed by atoms with van der Waals surface area (Å²) in [6.45, 7) is 2.41. The van der Waals surface area contributed by atoms with Gasteiger partial charge in [0.05, 0.1) is 5.02 Å². The second kappa shape index (κ2) is 8.00. The Morgan fingerprint density at radius 1 is 1.06 bits per heavy atom. The lowest BCUT2D eigenvalue weighted by Gasteiger charge is -2.05. The first-order valence-corrected chi connectivity index (χ1v) is 11.2. The maximum atomic E-state index is 12.7. The second-order valence-electron chi connectivity index (χ2n) is 7.26. The van der Waals surface area contributed by atoms with E-state index >= 15 is 0 Å². The number of fused-ring (bicyclic) bond motifs is 2. The van der Waals surface area contributed by atoms with Gasteiger partial charge >= 0.3 is 0 Å². The number of aromatic nitrogens is 1. The van der Waals surface area contributed by atoms with Crippen LogP contribution >= 0.6 is 34.5 Å². The zero-order valence-corrected chi connectivity index (χ0v) is 18.7. The highest BCUT2D eigenvalue weighted by Gasteiger charge is 2.17. The average Bonchev–Trinajstić information content (AvgIpc) is 3.33. The second-order valence-corrected chi connectivity index (χ2v) is 9.12. The van der Waals surface area contributed by atoms with Crippen LogP contribution in [0, 0.1) is 6.92 Å². The van der Waals surface area contributed by atoms with Crippen molar-refractivity contribution < 1.29 is 9.21 Å². The van der Waals surface area contributed by atoms with E-state index in [0.29, 0.717) is 27.4 Å². The summed E-state index contributed by atoms with van der Waals surface area (Å²) in [7, 11) is 0. The van der Waals surface area contributed by atoms with Crippen LogP contribution in [0.3, 0.4) is 0 Å². The maximum Gasteiger partial charge on any atom is 0.263 e. The van der Waals surface area contributed by atoms with Gasteiger partial charge in [0, 0.05) is 27.2 Å². The molecule has 3 aromatic carbocycles. The first kappa shape index (κ1) is 20.1. The molecule has 0 saturated carbocycles. The molecule has 7 heteroatoms. The van der Waals surface area contributed by atoms with E-state index in [1.54, 1.807) is 6.07 Å². The molecule has 31 heavy (non-hydrogen) atoms. The monoisotopic (exact) mass is 466 g/mol. The fourth-order valence-corrected chi connectivity index (χ4v) is 5.08. The minimum absolute atomic E-state index is 0.208. The number of amides is 1. The van der Waals surface area contributed by atoms with Gasteiger partial charge < -0.3 is 9.73 Å². The zero-order chi connectivity index (χ0) is 21.5. The van der Waals surface area contributed by atoms with Crippen molar-refractivity contribution in [3.05, 3.63) is 86.7 Å². The highest BCUT2D eigenvalue weighted by atomic mass is 35.5. The molecule has 0 aliphatic carbocycles. The van der Waals surface area contributed by atoms with E-state index in [1.165, 1.54) is 11.3 Å². The summed E-state index contributed by atoms with van der Waals surface area (Å²) in [6.07, 6.45) is 0. The highest BCUT2D eigenvalue weighted by molar-refractivity contribution is 7.21. The molecule has 0 saturated heterocycles. The summed E-state index contributed by atoms with van der Waals surface area (Å²) < 4.78 is 6.77. The van der Waals surface area contributed by atoms with E-state index in [1.807, 2.05) is 61.5 Å². The SMILES string of the molecule is Cc1ccc2nc(-c3ccc(CNC(=O)c4sc5cc(Cl)ccc5c4Cl)cc3)oc2c1. The summed E-state index contributed by atoms with van der Waals surface area (Å²) in [5.41, 5.74) is 4.58. The van der Waals surface area contributed by atoms with Crippen LogP contribution in [-0.2, 0) is 6.54 Å². The standard InChI is InChI=1S/C24H16Cl2N2O2S/c1-13-2-9-18-19(10-13)30-24(28-18)15-5-3-14(4-6-15)12-27-23(29)22-21(26)17-8-7-16(25)11-20(17)31-22/h2-11H,12H2,1H3,(H,27,29).